The zero-order chi connectivity index (χ0) is 21.9. The summed E-state index contributed by atoms with van der Waals surface area (Å²) in [5.74, 6) is -0.368. The van der Waals surface area contributed by atoms with Crippen LogP contribution in [0.3, 0.4) is 0 Å². The lowest BCUT2D eigenvalue weighted by atomic mass is 9.96. The Kier molecular flexibility index (Phi) is 6.99. The first-order chi connectivity index (χ1) is 14.2. The molecule has 2 aliphatic rings. The fourth-order valence-electron chi connectivity index (χ4n) is 4.04. The summed E-state index contributed by atoms with van der Waals surface area (Å²) in [6.07, 6.45) is 0.670. The second-order valence-electron chi connectivity index (χ2n) is 7.82. The third-order valence-corrected chi connectivity index (χ3v) is 7.46. The summed E-state index contributed by atoms with van der Waals surface area (Å²) in [5, 5.41) is 2.49. The van der Waals surface area contributed by atoms with Crippen LogP contribution in [0, 0.1) is 5.92 Å². The molecule has 2 aliphatic heterocycles. The van der Waals surface area contributed by atoms with Crippen molar-refractivity contribution in [3.05, 3.63) is 24.3 Å². The van der Waals surface area contributed by atoms with E-state index in [-0.39, 0.29) is 35.3 Å². The minimum Gasteiger partial charge on any atom is -0.453 e. The number of methoxy groups -OCH3 is 1. The number of hydrogen-bond donors (Lipinski definition) is 1. The molecule has 9 nitrogen and oxygen atoms in total. The van der Waals surface area contributed by atoms with Crippen LogP contribution in [0.25, 0.3) is 0 Å². The third kappa shape index (κ3) is 4.76. The SMILES string of the molecule is COC(=O)Nc1ccc(S(=O)(=O)N2CCC[C@@H](C(=O)N3[C@@H](C)COC[C@@H]3C)C2)cc1. The largest absolute Gasteiger partial charge is 0.453 e. The number of hydrogen-bond acceptors (Lipinski definition) is 6. The number of morpholine rings is 1. The monoisotopic (exact) mass is 439 g/mol. The lowest BCUT2D eigenvalue weighted by Crippen LogP contribution is -2.56. The van der Waals surface area contributed by atoms with E-state index >= 15 is 0 Å². The number of sulfonamides is 1. The van der Waals surface area contributed by atoms with Crippen molar-refractivity contribution in [1.82, 2.24) is 9.21 Å². The van der Waals surface area contributed by atoms with E-state index in [1.165, 1.54) is 35.7 Å². The molecule has 0 bridgehead atoms. The zero-order valence-corrected chi connectivity index (χ0v) is 18.4. The average molecular weight is 440 g/mol. The van der Waals surface area contributed by atoms with Gasteiger partial charge in [-0.25, -0.2) is 13.2 Å². The van der Waals surface area contributed by atoms with Crippen LogP contribution in [0.5, 0.6) is 0 Å². The molecule has 0 spiro atoms. The minimum atomic E-state index is -3.74. The van der Waals surface area contributed by atoms with Crippen molar-refractivity contribution in [1.29, 1.82) is 0 Å². The maximum atomic E-state index is 13.2. The summed E-state index contributed by atoms with van der Waals surface area (Å²) in [7, 11) is -2.49. The molecule has 0 radical (unpaired) electrons. The predicted molar refractivity (Wildman–Crippen MR) is 111 cm³/mol. The van der Waals surface area contributed by atoms with Crippen molar-refractivity contribution in [2.75, 3.05) is 38.7 Å². The Bertz CT molecular complexity index is 863. The van der Waals surface area contributed by atoms with Crippen molar-refractivity contribution >= 4 is 27.7 Å². The Hall–Kier alpha value is -2.17. The second-order valence-corrected chi connectivity index (χ2v) is 9.76. The summed E-state index contributed by atoms with van der Waals surface area (Å²) in [5.41, 5.74) is 0.433. The van der Waals surface area contributed by atoms with Crippen molar-refractivity contribution in [3.63, 3.8) is 0 Å². The fraction of sp³-hybridized carbons (Fsp3) is 0.600. The van der Waals surface area contributed by atoms with Crippen molar-refractivity contribution in [3.8, 4) is 0 Å². The summed E-state index contributed by atoms with van der Waals surface area (Å²) < 4.78 is 37.7. The second kappa shape index (κ2) is 9.32. The summed E-state index contributed by atoms with van der Waals surface area (Å²) in [6.45, 7) is 5.44. The number of amides is 2. The van der Waals surface area contributed by atoms with Gasteiger partial charge in [-0.2, -0.15) is 4.31 Å². The fourth-order valence-corrected chi connectivity index (χ4v) is 5.56. The number of rotatable bonds is 4. The first-order valence-corrected chi connectivity index (χ1v) is 11.5. The smallest absolute Gasteiger partial charge is 0.411 e. The van der Waals surface area contributed by atoms with Crippen molar-refractivity contribution in [2.45, 2.75) is 43.7 Å². The first-order valence-electron chi connectivity index (χ1n) is 10.1. The van der Waals surface area contributed by atoms with Crippen LogP contribution in [-0.4, -0.2) is 75.1 Å². The quantitative estimate of drug-likeness (QED) is 0.768. The number of nitrogens with zero attached hydrogens (tertiary/aromatic N) is 2. The van der Waals surface area contributed by atoms with Gasteiger partial charge in [-0.15, -0.1) is 0 Å². The third-order valence-electron chi connectivity index (χ3n) is 5.58. The van der Waals surface area contributed by atoms with E-state index in [2.05, 4.69) is 10.1 Å². The number of ether oxygens (including phenoxy) is 2. The molecule has 0 saturated carbocycles. The normalized spacial score (nSPS) is 25.6. The van der Waals surface area contributed by atoms with Gasteiger partial charge in [-0.05, 0) is 51.0 Å². The Balaban J connectivity index is 1.72. The molecule has 2 heterocycles. The van der Waals surface area contributed by atoms with Gasteiger partial charge in [0, 0.05) is 18.8 Å². The van der Waals surface area contributed by atoms with Gasteiger partial charge in [0.1, 0.15) is 0 Å². The maximum absolute atomic E-state index is 13.2. The lowest BCUT2D eigenvalue weighted by Gasteiger charge is -2.42. The van der Waals surface area contributed by atoms with Crippen molar-refractivity contribution in [2.24, 2.45) is 5.92 Å². The highest BCUT2D eigenvalue weighted by Crippen LogP contribution is 2.27. The van der Waals surface area contributed by atoms with E-state index in [9.17, 15) is 18.0 Å². The van der Waals surface area contributed by atoms with E-state index in [1.54, 1.807) is 0 Å². The van der Waals surface area contributed by atoms with Gasteiger partial charge in [0.15, 0.2) is 0 Å². The number of benzene rings is 1. The van der Waals surface area contributed by atoms with Crippen LogP contribution < -0.4 is 5.32 Å². The number of carbonyl (C=O) groups is 2. The molecule has 1 aromatic carbocycles. The standard InChI is InChI=1S/C20H29N3O6S/c1-14-12-29-13-15(2)23(14)19(24)16-5-4-10-22(11-16)30(26,27)18-8-6-17(7-9-18)21-20(25)28-3/h6-9,14-16H,4-5,10-13H2,1-3H3,(H,21,25)/t14-,15-,16+/m0/s1. The number of carbonyl (C=O) groups excluding carboxylic acids is 2. The molecule has 166 valence electrons. The average Bonchev–Trinajstić information content (AvgIpc) is 2.74. The molecule has 30 heavy (non-hydrogen) atoms. The minimum absolute atomic E-state index is 0.00386. The molecular formula is C20H29N3O6S. The van der Waals surface area contributed by atoms with E-state index < -0.39 is 16.1 Å². The van der Waals surface area contributed by atoms with Crippen LogP contribution in [0.2, 0.25) is 0 Å². The molecule has 0 aromatic heterocycles. The Morgan fingerprint density at radius 1 is 1.13 bits per heavy atom. The van der Waals surface area contributed by atoms with Crippen LogP contribution >= 0.6 is 0 Å². The highest BCUT2D eigenvalue weighted by molar-refractivity contribution is 7.89. The van der Waals surface area contributed by atoms with Crippen LogP contribution in [0.1, 0.15) is 26.7 Å². The van der Waals surface area contributed by atoms with Gasteiger partial charge in [-0.3, -0.25) is 10.1 Å². The zero-order valence-electron chi connectivity index (χ0n) is 17.5. The first kappa shape index (κ1) is 22.5. The molecule has 1 aromatic rings. The van der Waals surface area contributed by atoms with Gasteiger partial charge in [0.05, 0.1) is 43.2 Å². The van der Waals surface area contributed by atoms with Crippen LogP contribution in [0.4, 0.5) is 10.5 Å². The maximum Gasteiger partial charge on any atom is 0.411 e. The molecule has 0 aliphatic carbocycles. The summed E-state index contributed by atoms with van der Waals surface area (Å²) in [6, 6.07) is 5.85. The van der Waals surface area contributed by atoms with Gasteiger partial charge >= 0.3 is 6.09 Å². The van der Waals surface area contributed by atoms with Crippen LogP contribution in [0.15, 0.2) is 29.2 Å². The van der Waals surface area contributed by atoms with Gasteiger partial charge in [0.2, 0.25) is 15.9 Å². The lowest BCUT2D eigenvalue weighted by molar-refractivity contribution is -0.149. The van der Waals surface area contributed by atoms with Gasteiger partial charge in [0.25, 0.3) is 0 Å². The predicted octanol–water partition coefficient (Wildman–Crippen LogP) is 1.90. The highest BCUT2D eigenvalue weighted by Gasteiger charge is 2.38. The van der Waals surface area contributed by atoms with Gasteiger partial charge in [-0.1, -0.05) is 0 Å². The van der Waals surface area contributed by atoms with E-state index in [1.807, 2.05) is 18.7 Å². The molecule has 2 saturated heterocycles. The highest BCUT2D eigenvalue weighted by atomic mass is 32.2. The topological polar surface area (TPSA) is 105 Å². The Morgan fingerprint density at radius 3 is 2.37 bits per heavy atom. The van der Waals surface area contributed by atoms with E-state index in [0.29, 0.717) is 38.3 Å². The molecular weight excluding hydrogens is 410 g/mol. The number of piperidine rings is 1. The summed E-state index contributed by atoms with van der Waals surface area (Å²) in [4.78, 5) is 26.4. The Morgan fingerprint density at radius 2 is 1.77 bits per heavy atom. The Labute approximate surface area is 177 Å². The van der Waals surface area contributed by atoms with Crippen molar-refractivity contribution < 1.29 is 27.5 Å². The van der Waals surface area contributed by atoms with Gasteiger partial charge < -0.3 is 14.4 Å². The molecule has 2 amide bonds. The molecule has 3 atom stereocenters. The van der Waals surface area contributed by atoms with E-state index in [4.69, 9.17) is 4.74 Å². The van der Waals surface area contributed by atoms with E-state index in [0.717, 1.165) is 0 Å². The molecule has 0 unspecified atom stereocenters. The number of anilines is 1. The molecule has 3 rings (SSSR count). The number of nitrogens with one attached hydrogen (secondary N) is 1. The molecule has 10 heteroatoms. The molecule has 1 N–H and O–H groups in total. The molecule has 2 fully saturated rings. The summed E-state index contributed by atoms with van der Waals surface area (Å²) >= 11 is 0. The van der Waals surface area contributed by atoms with Crippen LogP contribution in [-0.2, 0) is 24.3 Å².